The summed E-state index contributed by atoms with van der Waals surface area (Å²) < 4.78 is 20.7. The van der Waals surface area contributed by atoms with Crippen molar-refractivity contribution in [2.75, 3.05) is 0 Å². The molecular formula is C15H18O7. The summed E-state index contributed by atoms with van der Waals surface area (Å²) in [5.74, 6) is -3.13. The van der Waals surface area contributed by atoms with Crippen molar-refractivity contribution in [2.45, 2.75) is 52.1 Å². The Morgan fingerprint density at radius 3 is 1.50 bits per heavy atom. The normalized spacial score (nSPS) is 22.4. The molecule has 2 aliphatic rings. The Labute approximate surface area is 127 Å². The quantitative estimate of drug-likeness (QED) is 0.730. The molecule has 2 heterocycles. The van der Waals surface area contributed by atoms with Gasteiger partial charge in [-0.1, -0.05) is 0 Å². The third kappa shape index (κ3) is 4.34. The Balaban J connectivity index is 1.99. The second-order valence-corrected chi connectivity index (χ2v) is 5.96. The van der Waals surface area contributed by atoms with E-state index in [1.807, 2.05) is 0 Å². The monoisotopic (exact) mass is 310 g/mol. The SMILES string of the molecule is CC1(C)OC(=O)C=C(CC(=O)CC2=CC(=O)OC(C)(C)O2)O1. The second kappa shape index (κ2) is 5.47. The molecule has 120 valence electrons. The van der Waals surface area contributed by atoms with Gasteiger partial charge in [0.1, 0.15) is 17.3 Å². The van der Waals surface area contributed by atoms with Crippen molar-refractivity contribution < 1.29 is 33.3 Å². The van der Waals surface area contributed by atoms with E-state index in [0.29, 0.717) is 0 Å². The maximum absolute atomic E-state index is 12.1. The molecule has 0 fully saturated rings. The lowest BCUT2D eigenvalue weighted by Gasteiger charge is -2.31. The molecule has 0 aromatic carbocycles. The standard InChI is InChI=1S/C15H18O7/c1-14(2)19-10(7-12(17)21-14)5-9(16)6-11-8-13(18)22-15(3,4)20-11/h7-8H,5-6H2,1-4H3. The zero-order valence-corrected chi connectivity index (χ0v) is 12.9. The first-order valence-electron chi connectivity index (χ1n) is 6.81. The molecule has 2 aliphatic heterocycles. The molecule has 0 spiro atoms. The minimum absolute atomic E-state index is 0.0886. The fraction of sp³-hybridized carbons (Fsp3) is 0.533. The summed E-state index contributed by atoms with van der Waals surface area (Å²) in [4.78, 5) is 34.9. The van der Waals surface area contributed by atoms with E-state index >= 15 is 0 Å². The highest BCUT2D eigenvalue weighted by Gasteiger charge is 2.33. The van der Waals surface area contributed by atoms with Gasteiger partial charge >= 0.3 is 11.9 Å². The largest absolute Gasteiger partial charge is 0.456 e. The highest BCUT2D eigenvalue weighted by molar-refractivity contribution is 5.89. The molecule has 0 N–H and O–H groups in total. The number of ether oxygens (including phenoxy) is 4. The Morgan fingerprint density at radius 1 is 0.818 bits per heavy atom. The number of allylic oxidation sites excluding steroid dienone is 2. The zero-order valence-electron chi connectivity index (χ0n) is 12.9. The molecule has 0 saturated heterocycles. The Morgan fingerprint density at radius 2 is 1.18 bits per heavy atom. The third-order valence-electron chi connectivity index (χ3n) is 2.75. The van der Waals surface area contributed by atoms with E-state index in [1.54, 1.807) is 27.7 Å². The van der Waals surface area contributed by atoms with Crippen LogP contribution in [0.25, 0.3) is 0 Å². The van der Waals surface area contributed by atoms with E-state index in [-0.39, 0.29) is 30.1 Å². The fourth-order valence-electron chi connectivity index (χ4n) is 2.16. The van der Waals surface area contributed by atoms with E-state index in [0.717, 1.165) is 12.2 Å². The number of esters is 2. The first-order valence-corrected chi connectivity index (χ1v) is 6.81. The van der Waals surface area contributed by atoms with Gasteiger partial charge in [0.05, 0.1) is 25.0 Å². The molecule has 7 heteroatoms. The predicted octanol–water partition coefficient (Wildman–Crippen LogP) is 1.72. The molecule has 0 saturated carbocycles. The van der Waals surface area contributed by atoms with E-state index in [9.17, 15) is 14.4 Å². The number of hydrogen-bond donors (Lipinski definition) is 0. The second-order valence-electron chi connectivity index (χ2n) is 5.96. The highest BCUT2D eigenvalue weighted by Crippen LogP contribution is 2.27. The molecule has 0 bridgehead atoms. The third-order valence-corrected chi connectivity index (χ3v) is 2.75. The maximum Gasteiger partial charge on any atom is 0.337 e. The topological polar surface area (TPSA) is 88.1 Å². The van der Waals surface area contributed by atoms with Gasteiger partial charge in [-0.3, -0.25) is 4.79 Å². The Bertz CT molecular complexity index is 531. The molecule has 22 heavy (non-hydrogen) atoms. The summed E-state index contributed by atoms with van der Waals surface area (Å²) >= 11 is 0. The first kappa shape index (κ1) is 16.1. The van der Waals surface area contributed by atoms with Crippen molar-refractivity contribution in [3.05, 3.63) is 23.7 Å². The number of carbonyl (C=O) groups excluding carboxylic acids is 3. The average Bonchev–Trinajstić information content (AvgIpc) is 2.21. The van der Waals surface area contributed by atoms with Gasteiger partial charge in [-0.15, -0.1) is 0 Å². The van der Waals surface area contributed by atoms with E-state index in [1.165, 1.54) is 0 Å². The minimum atomic E-state index is -1.10. The molecule has 0 atom stereocenters. The number of cyclic esters (lactones) is 2. The van der Waals surface area contributed by atoms with Crippen molar-refractivity contribution in [3.63, 3.8) is 0 Å². The highest BCUT2D eigenvalue weighted by atomic mass is 16.7. The molecule has 0 aromatic heterocycles. The molecule has 0 unspecified atom stereocenters. The van der Waals surface area contributed by atoms with Gasteiger partial charge in [-0.25, -0.2) is 9.59 Å². The van der Waals surface area contributed by atoms with Gasteiger partial charge in [-0.2, -0.15) is 0 Å². The Hall–Kier alpha value is -2.31. The van der Waals surface area contributed by atoms with Gasteiger partial charge < -0.3 is 18.9 Å². The van der Waals surface area contributed by atoms with Gasteiger partial charge in [0.2, 0.25) is 11.6 Å². The summed E-state index contributed by atoms with van der Waals surface area (Å²) in [5.41, 5.74) is 0. The smallest absolute Gasteiger partial charge is 0.337 e. The summed E-state index contributed by atoms with van der Waals surface area (Å²) in [5, 5.41) is 0. The van der Waals surface area contributed by atoms with Crippen LogP contribution in [0.15, 0.2) is 23.7 Å². The van der Waals surface area contributed by atoms with Crippen molar-refractivity contribution >= 4 is 17.7 Å². The van der Waals surface area contributed by atoms with Crippen molar-refractivity contribution in [1.29, 1.82) is 0 Å². The van der Waals surface area contributed by atoms with Crippen molar-refractivity contribution in [2.24, 2.45) is 0 Å². The van der Waals surface area contributed by atoms with Crippen LogP contribution in [-0.2, 0) is 33.3 Å². The molecule has 2 rings (SSSR count). The van der Waals surface area contributed by atoms with Gasteiger partial charge in [0, 0.05) is 27.7 Å². The van der Waals surface area contributed by atoms with Crippen LogP contribution in [0.4, 0.5) is 0 Å². The van der Waals surface area contributed by atoms with Crippen LogP contribution in [0.5, 0.6) is 0 Å². The van der Waals surface area contributed by atoms with Crippen LogP contribution in [0.1, 0.15) is 40.5 Å². The lowest BCUT2D eigenvalue weighted by atomic mass is 10.1. The minimum Gasteiger partial charge on any atom is -0.456 e. The summed E-state index contributed by atoms with van der Waals surface area (Å²) in [6, 6.07) is 0. The molecule has 0 aromatic rings. The van der Waals surface area contributed by atoms with Crippen LogP contribution >= 0.6 is 0 Å². The molecular weight excluding hydrogens is 292 g/mol. The lowest BCUT2D eigenvalue weighted by molar-refractivity contribution is -0.206. The van der Waals surface area contributed by atoms with Crippen molar-refractivity contribution in [3.8, 4) is 0 Å². The van der Waals surface area contributed by atoms with Gasteiger partial charge in [0.25, 0.3) is 0 Å². The fourth-order valence-corrected chi connectivity index (χ4v) is 2.16. The summed E-state index contributed by atoms with van der Waals surface area (Å²) in [6.07, 6.45) is 2.10. The van der Waals surface area contributed by atoms with E-state index < -0.39 is 23.5 Å². The number of carbonyl (C=O) groups is 3. The lowest BCUT2D eigenvalue weighted by Crippen LogP contribution is -2.35. The van der Waals surface area contributed by atoms with Crippen LogP contribution in [-0.4, -0.2) is 29.3 Å². The molecule has 0 radical (unpaired) electrons. The van der Waals surface area contributed by atoms with Crippen LogP contribution in [0, 0.1) is 0 Å². The summed E-state index contributed by atoms with van der Waals surface area (Å²) in [7, 11) is 0. The number of rotatable bonds is 4. The van der Waals surface area contributed by atoms with Crippen LogP contribution in [0.3, 0.4) is 0 Å². The average molecular weight is 310 g/mol. The molecule has 0 aliphatic carbocycles. The van der Waals surface area contributed by atoms with Gasteiger partial charge in [-0.05, 0) is 0 Å². The zero-order chi connectivity index (χ0) is 16.5. The number of ketones is 1. The predicted molar refractivity (Wildman–Crippen MR) is 72.9 cm³/mol. The van der Waals surface area contributed by atoms with Crippen LogP contribution in [0.2, 0.25) is 0 Å². The molecule has 7 nitrogen and oxygen atoms in total. The number of hydrogen-bond acceptors (Lipinski definition) is 7. The van der Waals surface area contributed by atoms with E-state index in [2.05, 4.69) is 0 Å². The maximum atomic E-state index is 12.1. The van der Waals surface area contributed by atoms with Gasteiger partial charge in [0.15, 0.2) is 0 Å². The Kier molecular flexibility index (Phi) is 4.00. The summed E-state index contributed by atoms with van der Waals surface area (Å²) in [6.45, 7) is 6.31. The molecule has 0 amide bonds. The number of Topliss-reactive ketones (excluding diaryl/α,β-unsaturated/α-hetero) is 1. The van der Waals surface area contributed by atoms with Crippen molar-refractivity contribution in [1.82, 2.24) is 0 Å². The van der Waals surface area contributed by atoms with E-state index in [4.69, 9.17) is 18.9 Å². The van der Waals surface area contributed by atoms with Crippen LogP contribution < -0.4 is 0 Å². The first-order chi connectivity index (χ1) is 10.0.